The Hall–Kier alpha value is -3.33. The fourth-order valence-electron chi connectivity index (χ4n) is 2.89. The SMILES string of the molecule is C=C(Nc1ccc(NCCC(C)(C)C#N)cc1)c1c(F)cc(OCCC)cc1N=CC. The molecule has 0 radical (unpaired) electrons. The van der Waals surface area contributed by atoms with Crippen molar-refractivity contribution >= 4 is 29.0 Å². The van der Waals surface area contributed by atoms with Crippen LogP contribution < -0.4 is 15.4 Å². The molecule has 0 unspecified atom stereocenters. The maximum Gasteiger partial charge on any atom is 0.138 e. The van der Waals surface area contributed by atoms with E-state index in [1.165, 1.54) is 6.07 Å². The van der Waals surface area contributed by atoms with Crippen molar-refractivity contribution in [1.29, 1.82) is 5.26 Å². The molecule has 0 saturated carbocycles. The monoisotopic (exact) mass is 422 g/mol. The Morgan fingerprint density at radius 1 is 1.26 bits per heavy atom. The van der Waals surface area contributed by atoms with E-state index in [4.69, 9.17) is 10.00 Å². The van der Waals surface area contributed by atoms with Gasteiger partial charge in [-0.05, 0) is 57.9 Å². The van der Waals surface area contributed by atoms with Gasteiger partial charge < -0.3 is 15.4 Å². The molecule has 0 heterocycles. The molecule has 0 aliphatic heterocycles. The summed E-state index contributed by atoms with van der Waals surface area (Å²) in [7, 11) is 0. The van der Waals surface area contributed by atoms with Crippen LogP contribution in [0.5, 0.6) is 5.75 Å². The molecule has 0 bridgehead atoms. The molecule has 5 nitrogen and oxygen atoms in total. The Kier molecular flexibility index (Phi) is 8.63. The molecule has 2 aromatic rings. The van der Waals surface area contributed by atoms with E-state index < -0.39 is 5.82 Å². The third-order valence-corrected chi connectivity index (χ3v) is 4.65. The van der Waals surface area contributed by atoms with Crippen LogP contribution in [0.3, 0.4) is 0 Å². The maximum atomic E-state index is 14.9. The highest BCUT2D eigenvalue weighted by molar-refractivity contribution is 5.83. The summed E-state index contributed by atoms with van der Waals surface area (Å²) in [4.78, 5) is 4.29. The molecular formula is C25H31FN4O. The van der Waals surface area contributed by atoms with Crippen molar-refractivity contribution in [2.75, 3.05) is 23.8 Å². The van der Waals surface area contributed by atoms with Crippen LogP contribution in [0.2, 0.25) is 0 Å². The van der Waals surface area contributed by atoms with Gasteiger partial charge in [0, 0.05) is 42.0 Å². The number of rotatable bonds is 11. The zero-order chi connectivity index (χ0) is 22.9. The Morgan fingerprint density at radius 2 is 1.94 bits per heavy atom. The predicted molar refractivity (Wildman–Crippen MR) is 128 cm³/mol. The highest BCUT2D eigenvalue weighted by Gasteiger charge is 2.16. The van der Waals surface area contributed by atoms with Crippen molar-refractivity contribution in [2.24, 2.45) is 10.4 Å². The largest absolute Gasteiger partial charge is 0.493 e. The summed E-state index contributed by atoms with van der Waals surface area (Å²) in [6, 6.07) is 13.0. The van der Waals surface area contributed by atoms with Crippen LogP contribution in [-0.4, -0.2) is 19.4 Å². The number of benzene rings is 2. The number of halogens is 1. The minimum atomic E-state index is -0.440. The quantitative estimate of drug-likeness (QED) is 0.392. The van der Waals surface area contributed by atoms with Crippen molar-refractivity contribution in [3.05, 3.63) is 54.4 Å². The van der Waals surface area contributed by atoms with E-state index in [0.29, 0.717) is 35.8 Å². The first kappa shape index (κ1) is 23.9. The number of hydrogen-bond donors (Lipinski definition) is 2. The maximum absolute atomic E-state index is 14.9. The molecule has 0 saturated heterocycles. The molecule has 6 heteroatoms. The summed E-state index contributed by atoms with van der Waals surface area (Å²) < 4.78 is 20.4. The van der Waals surface area contributed by atoms with E-state index in [1.54, 1.807) is 19.2 Å². The van der Waals surface area contributed by atoms with Gasteiger partial charge in [-0.25, -0.2) is 4.39 Å². The van der Waals surface area contributed by atoms with E-state index >= 15 is 0 Å². The molecule has 2 N–H and O–H groups in total. The normalized spacial score (nSPS) is 11.2. The second kappa shape index (κ2) is 11.2. The number of anilines is 2. The van der Waals surface area contributed by atoms with Crippen LogP contribution in [0.4, 0.5) is 21.5 Å². The van der Waals surface area contributed by atoms with Crippen molar-refractivity contribution in [1.82, 2.24) is 0 Å². The number of nitriles is 1. The average molecular weight is 423 g/mol. The summed E-state index contributed by atoms with van der Waals surface area (Å²) in [5, 5.41) is 15.6. The van der Waals surface area contributed by atoms with Crippen LogP contribution in [0.15, 0.2) is 48.0 Å². The molecule has 31 heavy (non-hydrogen) atoms. The van der Waals surface area contributed by atoms with Crippen molar-refractivity contribution < 1.29 is 9.13 Å². The second-order valence-electron chi connectivity index (χ2n) is 7.89. The van der Waals surface area contributed by atoms with Gasteiger partial charge in [-0.3, -0.25) is 4.99 Å². The minimum Gasteiger partial charge on any atom is -0.493 e. The molecule has 2 rings (SSSR count). The molecule has 0 aromatic heterocycles. The summed E-state index contributed by atoms with van der Waals surface area (Å²) in [5.41, 5.74) is 2.56. The lowest BCUT2D eigenvalue weighted by Gasteiger charge is -2.17. The van der Waals surface area contributed by atoms with Gasteiger partial charge in [0.25, 0.3) is 0 Å². The number of hydrogen-bond acceptors (Lipinski definition) is 5. The number of ether oxygens (including phenoxy) is 1. The van der Waals surface area contributed by atoms with Crippen LogP contribution in [-0.2, 0) is 0 Å². The van der Waals surface area contributed by atoms with Crippen LogP contribution in [0.1, 0.15) is 46.1 Å². The Balaban J connectivity index is 2.10. The minimum absolute atomic E-state index is 0.308. The molecule has 0 amide bonds. The smallest absolute Gasteiger partial charge is 0.138 e. The number of aliphatic imine (C=N–C) groups is 1. The molecule has 2 aromatic carbocycles. The third-order valence-electron chi connectivity index (χ3n) is 4.65. The van der Waals surface area contributed by atoms with Gasteiger partial charge in [-0.1, -0.05) is 13.5 Å². The van der Waals surface area contributed by atoms with Gasteiger partial charge in [0.05, 0.1) is 29.3 Å². The zero-order valence-corrected chi connectivity index (χ0v) is 18.8. The van der Waals surface area contributed by atoms with Gasteiger partial charge >= 0.3 is 0 Å². The summed E-state index contributed by atoms with van der Waals surface area (Å²) in [6.07, 6.45) is 3.20. The standard InChI is InChI=1S/C25H31FN4O/c1-6-14-31-21-15-22(26)24(23(16-21)28-7-2)18(3)30-20-10-8-19(9-11-20)29-13-12-25(4,5)17-27/h7-11,15-16,29-30H,3,6,12-14H2,1-2,4-5H3. The summed E-state index contributed by atoms with van der Waals surface area (Å²) in [6.45, 7) is 12.9. The Labute approximate surface area is 184 Å². The summed E-state index contributed by atoms with van der Waals surface area (Å²) in [5.74, 6) is 0.0107. The lowest BCUT2D eigenvalue weighted by molar-refractivity contribution is 0.316. The fraction of sp³-hybridized carbons (Fsp3) is 0.360. The Bertz CT molecular complexity index is 959. The molecule has 0 fully saturated rings. The molecule has 0 aliphatic rings. The van der Waals surface area contributed by atoms with Crippen LogP contribution >= 0.6 is 0 Å². The van der Waals surface area contributed by atoms with Crippen molar-refractivity contribution in [2.45, 2.75) is 40.5 Å². The molecular weight excluding hydrogens is 391 g/mol. The lowest BCUT2D eigenvalue weighted by atomic mass is 9.91. The first-order valence-electron chi connectivity index (χ1n) is 10.5. The molecule has 0 spiro atoms. The Morgan fingerprint density at radius 3 is 2.55 bits per heavy atom. The molecule has 164 valence electrons. The van der Waals surface area contributed by atoms with Crippen molar-refractivity contribution in [3.8, 4) is 11.8 Å². The van der Waals surface area contributed by atoms with Gasteiger partial charge in [-0.2, -0.15) is 5.26 Å². The van der Waals surface area contributed by atoms with Gasteiger partial charge in [0.15, 0.2) is 0 Å². The average Bonchev–Trinajstić information content (AvgIpc) is 2.73. The zero-order valence-electron chi connectivity index (χ0n) is 18.8. The molecule has 0 atom stereocenters. The first-order valence-corrected chi connectivity index (χ1v) is 10.5. The van der Waals surface area contributed by atoms with E-state index in [-0.39, 0.29) is 5.41 Å². The van der Waals surface area contributed by atoms with Crippen molar-refractivity contribution in [3.63, 3.8) is 0 Å². The lowest BCUT2D eigenvalue weighted by Crippen LogP contribution is -2.14. The van der Waals surface area contributed by atoms with Gasteiger partial charge in [-0.15, -0.1) is 0 Å². The van der Waals surface area contributed by atoms with E-state index in [2.05, 4.69) is 28.3 Å². The van der Waals surface area contributed by atoms with E-state index in [1.807, 2.05) is 45.0 Å². The third kappa shape index (κ3) is 7.14. The highest BCUT2D eigenvalue weighted by atomic mass is 19.1. The highest BCUT2D eigenvalue weighted by Crippen LogP contribution is 2.33. The molecule has 0 aliphatic carbocycles. The van der Waals surface area contributed by atoms with Crippen LogP contribution in [0.25, 0.3) is 5.70 Å². The van der Waals surface area contributed by atoms with Crippen LogP contribution in [0, 0.1) is 22.6 Å². The number of nitrogens with one attached hydrogen (secondary N) is 2. The topological polar surface area (TPSA) is 69.4 Å². The number of nitrogens with zero attached hydrogens (tertiary/aromatic N) is 2. The fourth-order valence-corrected chi connectivity index (χ4v) is 2.89. The van der Waals surface area contributed by atoms with Gasteiger partial charge in [0.1, 0.15) is 11.6 Å². The van der Waals surface area contributed by atoms with E-state index in [0.717, 1.165) is 24.2 Å². The van der Waals surface area contributed by atoms with E-state index in [9.17, 15) is 4.39 Å². The first-order chi connectivity index (χ1) is 14.8. The second-order valence-corrected chi connectivity index (χ2v) is 7.89. The summed E-state index contributed by atoms with van der Waals surface area (Å²) >= 11 is 0. The van der Waals surface area contributed by atoms with Gasteiger partial charge in [0.2, 0.25) is 0 Å². The predicted octanol–water partition coefficient (Wildman–Crippen LogP) is 6.77.